The third-order valence-corrected chi connectivity index (χ3v) is 5.75. The number of benzene rings is 1. The molecule has 1 aliphatic rings. The van der Waals surface area contributed by atoms with Gasteiger partial charge in [-0.1, -0.05) is 30.3 Å². The van der Waals surface area contributed by atoms with Crippen molar-refractivity contribution in [1.82, 2.24) is 15.5 Å². The van der Waals surface area contributed by atoms with Gasteiger partial charge in [-0.25, -0.2) is 0 Å². The van der Waals surface area contributed by atoms with Gasteiger partial charge in [0.1, 0.15) is 0 Å². The van der Waals surface area contributed by atoms with Crippen LogP contribution in [0.5, 0.6) is 0 Å². The Labute approximate surface area is 164 Å². The van der Waals surface area contributed by atoms with Crippen molar-refractivity contribution in [3.63, 3.8) is 0 Å². The summed E-state index contributed by atoms with van der Waals surface area (Å²) >= 11 is 1.50. The summed E-state index contributed by atoms with van der Waals surface area (Å²) in [5.74, 6) is -0.00279. The lowest BCUT2D eigenvalue weighted by Gasteiger charge is -2.24. The summed E-state index contributed by atoms with van der Waals surface area (Å²) in [4.78, 5) is 26.4. The molecule has 2 aromatic rings. The Morgan fingerprint density at radius 3 is 2.81 bits per heavy atom. The molecule has 27 heavy (non-hydrogen) atoms. The van der Waals surface area contributed by atoms with Gasteiger partial charge in [0.15, 0.2) is 0 Å². The number of nitrogens with one attached hydrogen (secondary N) is 2. The van der Waals surface area contributed by atoms with Crippen molar-refractivity contribution in [2.24, 2.45) is 0 Å². The number of thiophene rings is 1. The Bertz CT molecular complexity index is 733. The first-order valence-electron chi connectivity index (χ1n) is 9.52. The van der Waals surface area contributed by atoms with Crippen LogP contribution in [0.4, 0.5) is 0 Å². The van der Waals surface area contributed by atoms with E-state index in [1.54, 1.807) is 6.07 Å². The lowest BCUT2D eigenvalue weighted by molar-refractivity contribution is -0.121. The molecule has 0 bridgehead atoms. The Balaban J connectivity index is 1.33. The molecule has 0 spiro atoms. The van der Waals surface area contributed by atoms with E-state index in [-0.39, 0.29) is 17.9 Å². The standard InChI is InChI=1S/C21H27N3O2S/c1-16(17-6-3-2-4-7-17)24-12-9-19(14-24)23-20(25)8-5-11-22-21(26)18-10-13-27-15-18/h2-4,6-7,10,13,15-16,19H,5,8-9,11-12,14H2,1H3,(H,22,26)(H,23,25). The quantitative estimate of drug-likeness (QED) is 0.686. The van der Waals surface area contributed by atoms with Gasteiger partial charge in [-0.2, -0.15) is 11.3 Å². The van der Waals surface area contributed by atoms with Crippen LogP contribution in [-0.4, -0.2) is 42.4 Å². The van der Waals surface area contributed by atoms with Crippen LogP contribution in [0.25, 0.3) is 0 Å². The number of carbonyl (C=O) groups excluding carboxylic acids is 2. The first-order valence-corrected chi connectivity index (χ1v) is 10.5. The van der Waals surface area contributed by atoms with Crippen molar-refractivity contribution in [2.45, 2.75) is 38.3 Å². The van der Waals surface area contributed by atoms with Crippen molar-refractivity contribution >= 4 is 23.2 Å². The molecule has 2 N–H and O–H groups in total. The van der Waals surface area contributed by atoms with Gasteiger partial charge in [0.05, 0.1) is 0 Å². The van der Waals surface area contributed by atoms with Crippen molar-refractivity contribution in [3.05, 3.63) is 58.3 Å². The van der Waals surface area contributed by atoms with Gasteiger partial charge in [0.25, 0.3) is 5.91 Å². The monoisotopic (exact) mass is 385 g/mol. The average molecular weight is 386 g/mol. The van der Waals surface area contributed by atoms with E-state index in [0.29, 0.717) is 31.0 Å². The fourth-order valence-electron chi connectivity index (χ4n) is 3.45. The predicted molar refractivity (Wildman–Crippen MR) is 109 cm³/mol. The number of hydrogen-bond donors (Lipinski definition) is 2. The SMILES string of the molecule is CC(c1ccccc1)N1CCC(NC(=O)CCCNC(=O)c2ccsc2)C1. The van der Waals surface area contributed by atoms with E-state index < -0.39 is 0 Å². The number of hydrogen-bond acceptors (Lipinski definition) is 4. The second-order valence-corrected chi connectivity index (χ2v) is 7.79. The van der Waals surface area contributed by atoms with E-state index in [2.05, 4.69) is 46.7 Å². The molecule has 6 heteroatoms. The second-order valence-electron chi connectivity index (χ2n) is 7.01. The summed E-state index contributed by atoms with van der Waals surface area (Å²) in [5.41, 5.74) is 1.99. The molecule has 1 aliphatic heterocycles. The third kappa shape index (κ3) is 5.65. The zero-order chi connectivity index (χ0) is 19.1. The Morgan fingerprint density at radius 1 is 1.26 bits per heavy atom. The third-order valence-electron chi connectivity index (χ3n) is 5.06. The lowest BCUT2D eigenvalue weighted by Crippen LogP contribution is -2.37. The van der Waals surface area contributed by atoms with Crippen molar-refractivity contribution < 1.29 is 9.59 Å². The highest BCUT2D eigenvalue weighted by Crippen LogP contribution is 2.24. The molecule has 2 atom stereocenters. The van der Waals surface area contributed by atoms with E-state index in [0.717, 1.165) is 19.5 Å². The van der Waals surface area contributed by atoms with Crippen LogP contribution < -0.4 is 10.6 Å². The highest BCUT2D eigenvalue weighted by atomic mass is 32.1. The maximum absolute atomic E-state index is 12.2. The van der Waals surface area contributed by atoms with Crippen molar-refractivity contribution in [1.29, 1.82) is 0 Å². The summed E-state index contributed by atoms with van der Waals surface area (Å²) < 4.78 is 0. The molecular formula is C21H27N3O2S. The predicted octanol–water partition coefficient (Wildman–Crippen LogP) is 3.21. The molecule has 5 nitrogen and oxygen atoms in total. The maximum Gasteiger partial charge on any atom is 0.252 e. The minimum absolute atomic E-state index is 0.0685. The Kier molecular flexibility index (Phi) is 7.01. The summed E-state index contributed by atoms with van der Waals surface area (Å²) in [6.45, 7) is 4.62. The van der Waals surface area contributed by atoms with E-state index in [1.165, 1.54) is 16.9 Å². The first kappa shape index (κ1) is 19.6. The molecule has 0 radical (unpaired) electrons. The van der Waals surface area contributed by atoms with Crippen LogP contribution >= 0.6 is 11.3 Å². The smallest absolute Gasteiger partial charge is 0.252 e. The second kappa shape index (κ2) is 9.67. The van der Waals surface area contributed by atoms with Crippen LogP contribution in [0.2, 0.25) is 0 Å². The van der Waals surface area contributed by atoms with Gasteiger partial charge >= 0.3 is 0 Å². The van der Waals surface area contributed by atoms with Crippen LogP contribution in [0.3, 0.4) is 0 Å². The van der Waals surface area contributed by atoms with Gasteiger partial charge in [0.2, 0.25) is 5.91 Å². The molecule has 0 saturated carbocycles. The fourth-order valence-corrected chi connectivity index (χ4v) is 4.08. The molecule has 1 fully saturated rings. The van der Waals surface area contributed by atoms with Gasteiger partial charge < -0.3 is 10.6 Å². The molecule has 1 aromatic carbocycles. The van der Waals surface area contributed by atoms with Crippen molar-refractivity contribution in [2.75, 3.05) is 19.6 Å². The number of amides is 2. The molecule has 144 valence electrons. The molecular weight excluding hydrogens is 358 g/mol. The maximum atomic E-state index is 12.2. The zero-order valence-corrected chi connectivity index (χ0v) is 16.5. The highest BCUT2D eigenvalue weighted by Gasteiger charge is 2.27. The zero-order valence-electron chi connectivity index (χ0n) is 15.7. The minimum atomic E-state index is -0.0713. The first-order chi connectivity index (χ1) is 13.1. The normalized spacial score (nSPS) is 18.2. The average Bonchev–Trinajstić information content (AvgIpc) is 3.37. The largest absolute Gasteiger partial charge is 0.352 e. The van der Waals surface area contributed by atoms with Crippen LogP contribution in [0.1, 0.15) is 48.1 Å². The van der Waals surface area contributed by atoms with Gasteiger partial charge in [-0.05, 0) is 36.8 Å². The van der Waals surface area contributed by atoms with Gasteiger partial charge in [-0.15, -0.1) is 0 Å². The van der Waals surface area contributed by atoms with Crippen LogP contribution in [0.15, 0.2) is 47.2 Å². The molecule has 2 unspecified atom stereocenters. The van der Waals surface area contributed by atoms with Crippen LogP contribution in [0, 0.1) is 0 Å². The number of carbonyl (C=O) groups is 2. The number of nitrogens with zero attached hydrogens (tertiary/aromatic N) is 1. The fraction of sp³-hybridized carbons (Fsp3) is 0.429. The van der Waals surface area contributed by atoms with Crippen LogP contribution in [-0.2, 0) is 4.79 Å². The van der Waals surface area contributed by atoms with Gasteiger partial charge in [0, 0.05) is 49.1 Å². The van der Waals surface area contributed by atoms with E-state index >= 15 is 0 Å². The highest BCUT2D eigenvalue weighted by molar-refractivity contribution is 7.08. The number of rotatable bonds is 8. The molecule has 2 amide bonds. The Hall–Kier alpha value is -2.18. The van der Waals surface area contributed by atoms with Gasteiger partial charge in [-0.3, -0.25) is 14.5 Å². The Morgan fingerprint density at radius 2 is 2.07 bits per heavy atom. The summed E-state index contributed by atoms with van der Waals surface area (Å²) in [6.07, 6.45) is 2.07. The molecule has 2 heterocycles. The summed E-state index contributed by atoms with van der Waals surface area (Å²) in [7, 11) is 0. The van der Waals surface area contributed by atoms with E-state index in [4.69, 9.17) is 0 Å². The summed E-state index contributed by atoms with van der Waals surface area (Å²) in [5, 5.41) is 9.70. The molecule has 1 saturated heterocycles. The topological polar surface area (TPSA) is 61.4 Å². The van der Waals surface area contributed by atoms with Crippen molar-refractivity contribution in [3.8, 4) is 0 Å². The molecule has 0 aliphatic carbocycles. The molecule has 1 aromatic heterocycles. The summed E-state index contributed by atoms with van der Waals surface area (Å²) in [6, 6.07) is 12.9. The lowest BCUT2D eigenvalue weighted by atomic mass is 10.1. The number of likely N-dealkylation sites (tertiary alicyclic amines) is 1. The van der Waals surface area contributed by atoms with E-state index in [9.17, 15) is 9.59 Å². The molecule has 3 rings (SSSR count). The minimum Gasteiger partial charge on any atom is -0.352 e. The van der Waals surface area contributed by atoms with E-state index in [1.807, 2.05) is 16.8 Å².